The van der Waals surface area contributed by atoms with Gasteiger partial charge in [-0.05, 0) is 23.6 Å². The van der Waals surface area contributed by atoms with Crippen LogP contribution in [0.2, 0.25) is 0 Å². The molecule has 1 aliphatic rings. The topological polar surface area (TPSA) is 6.48 Å². The van der Waals surface area contributed by atoms with Gasteiger partial charge in [-0.3, -0.25) is 0 Å². The molecule has 16 heavy (non-hydrogen) atoms. The molecule has 2 nitrogen and oxygen atoms in total. The van der Waals surface area contributed by atoms with Crippen molar-refractivity contribution in [2.45, 2.75) is 6.17 Å². The summed E-state index contributed by atoms with van der Waals surface area (Å²) in [5.74, 6) is 0. The van der Waals surface area contributed by atoms with Gasteiger partial charge in [0.15, 0.2) is 0 Å². The van der Waals surface area contributed by atoms with E-state index in [1.807, 2.05) is 11.3 Å². The third-order valence-corrected chi connectivity index (χ3v) is 4.09. The van der Waals surface area contributed by atoms with Crippen molar-refractivity contribution in [1.29, 1.82) is 0 Å². The van der Waals surface area contributed by atoms with Crippen LogP contribution in [0.5, 0.6) is 0 Å². The fourth-order valence-corrected chi connectivity index (χ4v) is 3.31. The largest absolute Gasteiger partial charge is 0.348 e. The maximum absolute atomic E-state index is 2.33. The highest BCUT2D eigenvalue weighted by molar-refractivity contribution is 7.10. The van der Waals surface area contributed by atoms with E-state index in [-0.39, 0.29) is 0 Å². The molecule has 0 aliphatic carbocycles. The molecule has 0 saturated heterocycles. The van der Waals surface area contributed by atoms with Gasteiger partial charge in [0.1, 0.15) is 6.17 Å². The molecular formula is C13H14N2S. The van der Waals surface area contributed by atoms with Gasteiger partial charge in [-0.2, -0.15) is 0 Å². The number of fused-ring (bicyclic) bond motifs is 1. The van der Waals surface area contributed by atoms with Crippen LogP contribution in [0.3, 0.4) is 0 Å². The number of para-hydroxylation sites is 2. The van der Waals surface area contributed by atoms with Crippen molar-refractivity contribution in [3.8, 4) is 0 Å². The lowest BCUT2D eigenvalue weighted by atomic mass is 10.3. The SMILES string of the molecule is CN1c2ccccc2N(C)C1c1cccs1. The van der Waals surface area contributed by atoms with Crippen LogP contribution in [0, 0.1) is 0 Å². The van der Waals surface area contributed by atoms with E-state index in [0.29, 0.717) is 6.17 Å². The standard InChI is InChI=1S/C13H14N2S/c1-14-10-6-3-4-7-11(10)15(2)13(14)12-8-5-9-16-12/h3-9,13H,1-2H3. The quantitative estimate of drug-likeness (QED) is 0.741. The van der Waals surface area contributed by atoms with E-state index in [9.17, 15) is 0 Å². The van der Waals surface area contributed by atoms with E-state index < -0.39 is 0 Å². The van der Waals surface area contributed by atoms with Crippen LogP contribution in [0.1, 0.15) is 11.0 Å². The Labute approximate surface area is 99.7 Å². The molecule has 3 heteroatoms. The van der Waals surface area contributed by atoms with Crippen molar-refractivity contribution in [3.63, 3.8) is 0 Å². The molecule has 0 N–H and O–H groups in total. The summed E-state index contributed by atoms with van der Waals surface area (Å²) in [5.41, 5.74) is 2.62. The zero-order chi connectivity index (χ0) is 11.1. The molecule has 82 valence electrons. The first kappa shape index (κ1) is 9.73. The summed E-state index contributed by atoms with van der Waals surface area (Å²) in [6.07, 6.45) is 0.345. The Morgan fingerprint density at radius 2 is 1.56 bits per heavy atom. The highest BCUT2D eigenvalue weighted by Gasteiger charge is 2.32. The van der Waals surface area contributed by atoms with Crippen molar-refractivity contribution >= 4 is 22.7 Å². The molecule has 1 aromatic carbocycles. The van der Waals surface area contributed by atoms with Crippen LogP contribution in [0.25, 0.3) is 0 Å². The first-order valence-electron chi connectivity index (χ1n) is 5.37. The number of nitrogens with zero attached hydrogens (tertiary/aromatic N) is 2. The fraction of sp³-hybridized carbons (Fsp3) is 0.231. The molecule has 0 amide bonds. The molecule has 0 spiro atoms. The number of thiophene rings is 1. The maximum atomic E-state index is 2.33. The molecule has 0 saturated carbocycles. The van der Waals surface area contributed by atoms with E-state index in [0.717, 1.165) is 0 Å². The molecule has 0 atom stereocenters. The van der Waals surface area contributed by atoms with Gasteiger partial charge in [-0.1, -0.05) is 18.2 Å². The lowest BCUT2D eigenvalue weighted by Crippen LogP contribution is -2.29. The van der Waals surface area contributed by atoms with E-state index in [1.165, 1.54) is 16.3 Å². The predicted molar refractivity (Wildman–Crippen MR) is 70.3 cm³/mol. The zero-order valence-electron chi connectivity index (χ0n) is 9.42. The molecule has 2 aromatic rings. The minimum absolute atomic E-state index is 0.345. The van der Waals surface area contributed by atoms with Gasteiger partial charge in [0.2, 0.25) is 0 Å². The van der Waals surface area contributed by atoms with Gasteiger partial charge >= 0.3 is 0 Å². The second kappa shape index (κ2) is 3.52. The van der Waals surface area contributed by atoms with Crippen molar-refractivity contribution in [3.05, 3.63) is 46.7 Å². The molecule has 3 rings (SSSR count). The molecule has 0 radical (unpaired) electrons. The molecule has 0 bridgehead atoms. The van der Waals surface area contributed by atoms with Crippen molar-refractivity contribution in [1.82, 2.24) is 0 Å². The summed E-state index contributed by atoms with van der Waals surface area (Å²) in [6, 6.07) is 12.9. The first-order chi connectivity index (χ1) is 7.79. The van der Waals surface area contributed by atoms with Crippen LogP contribution in [-0.4, -0.2) is 14.1 Å². The number of benzene rings is 1. The maximum Gasteiger partial charge on any atom is 0.137 e. The third kappa shape index (κ3) is 1.25. The van der Waals surface area contributed by atoms with Crippen molar-refractivity contribution in [2.24, 2.45) is 0 Å². The fourth-order valence-electron chi connectivity index (χ4n) is 2.40. The molecule has 0 fully saturated rings. The molecule has 2 heterocycles. The molecule has 1 aliphatic heterocycles. The monoisotopic (exact) mass is 230 g/mol. The number of hydrogen-bond donors (Lipinski definition) is 0. The Bertz CT molecular complexity index is 463. The lowest BCUT2D eigenvalue weighted by Gasteiger charge is -2.26. The number of rotatable bonds is 1. The van der Waals surface area contributed by atoms with Gasteiger partial charge in [-0.25, -0.2) is 0 Å². The van der Waals surface area contributed by atoms with Crippen LogP contribution >= 0.6 is 11.3 Å². The average Bonchev–Trinajstić information content (AvgIpc) is 2.89. The molecular weight excluding hydrogens is 216 g/mol. The summed E-state index contributed by atoms with van der Waals surface area (Å²) in [5, 5.41) is 2.14. The van der Waals surface area contributed by atoms with Gasteiger partial charge < -0.3 is 9.80 Å². The van der Waals surface area contributed by atoms with Gasteiger partial charge in [0.05, 0.1) is 11.4 Å². The summed E-state index contributed by atoms with van der Waals surface area (Å²) in [6.45, 7) is 0. The Morgan fingerprint density at radius 3 is 2.06 bits per heavy atom. The van der Waals surface area contributed by atoms with Crippen molar-refractivity contribution in [2.75, 3.05) is 23.9 Å². The highest BCUT2D eigenvalue weighted by atomic mass is 32.1. The molecule has 1 aromatic heterocycles. The van der Waals surface area contributed by atoms with Crippen LogP contribution in [0.4, 0.5) is 11.4 Å². The third-order valence-electron chi connectivity index (χ3n) is 3.17. The first-order valence-corrected chi connectivity index (χ1v) is 6.25. The van der Waals surface area contributed by atoms with E-state index in [1.54, 1.807) is 0 Å². The lowest BCUT2D eigenvalue weighted by molar-refractivity contribution is 0.707. The average molecular weight is 230 g/mol. The normalized spacial score (nSPS) is 15.6. The predicted octanol–water partition coefficient (Wildman–Crippen LogP) is 3.33. The summed E-state index contributed by atoms with van der Waals surface area (Å²) >= 11 is 1.81. The van der Waals surface area contributed by atoms with Gasteiger partial charge in [0.25, 0.3) is 0 Å². The number of anilines is 2. The van der Waals surface area contributed by atoms with Gasteiger partial charge in [0, 0.05) is 19.0 Å². The van der Waals surface area contributed by atoms with Crippen molar-refractivity contribution < 1.29 is 0 Å². The number of hydrogen-bond acceptors (Lipinski definition) is 3. The van der Waals surface area contributed by atoms with Gasteiger partial charge in [-0.15, -0.1) is 11.3 Å². The smallest absolute Gasteiger partial charge is 0.137 e. The summed E-state index contributed by atoms with van der Waals surface area (Å²) < 4.78 is 0. The van der Waals surface area contributed by atoms with Crippen LogP contribution < -0.4 is 9.80 Å². The summed E-state index contributed by atoms with van der Waals surface area (Å²) in [7, 11) is 4.32. The van der Waals surface area contributed by atoms with E-state index >= 15 is 0 Å². The zero-order valence-corrected chi connectivity index (χ0v) is 10.2. The Morgan fingerprint density at radius 1 is 0.938 bits per heavy atom. The molecule has 0 unspecified atom stereocenters. The second-order valence-electron chi connectivity index (χ2n) is 4.10. The Kier molecular flexibility index (Phi) is 2.14. The van der Waals surface area contributed by atoms with E-state index in [2.05, 4.69) is 65.7 Å². The second-order valence-corrected chi connectivity index (χ2v) is 5.08. The minimum Gasteiger partial charge on any atom is -0.348 e. The Hall–Kier alpha value is -1.48. The van der Waals surface area contributed by atoms with Crippen LogP contribution in [0.15, 0.2) is 41.8 Å². The minimum atomic E-state index is 0.345. The summed E-state index contributed by atoms with van der Waals surface area (Å²) in [4.78, 5) is 6.06. The Balaban J connectivity index is 2.08. The van der Waals surface area contributed by atoms with Crippen LogP contribution in [-0.2, 0) is 0 Å². The van der Waals surface area contributed by atoms with E-state index in [4.69, 9.17) is 0 Å². The highest BCUT2D eigenvalue weighted by Crippen LogP contribution is 2.44.